The summed E-state index contributed by atoms with van der Waals surface area (Å²) in [4.78, 5) is 0. The number of aryl methyl sites for hydroxylation is 4. The minimum atomic E-state index is 0.824. The van der Waals surface area contributed by atoms with Gasteiger partial charge in [0.1, 0.15) is 14.1 Å². The van der Waals surface area contributed by atoms with Crippen molar-refractivity contribution in [1.29, 1.82) is 0 Å². The van der Waals surface area contributed by atoms with Crippen LogP contribution in [0.5, 0.6) is 0 Å². The van der Waals surface area contributed by atoms with Crippen LogP contribution in [0.1, 0.15) is 37.1 Å². The molecule has 6 rings (SSSR count). The van der Waals surface area contributed by atoms with Crippen LogP contribution in [-0.4, -0.2) is 0 Å². The maximum atomic E-state index is 6.21. The lowest BCUT2D eigenvalue weighted by Gasteiger charge is -2.11. The van der Waals surface area contributed by atoms with Gasteiger partial charge in [0.25, 0.3) is 0 Å². The third kappa shape index (κ3) is 4.20. The quantitative estimate of drug-likeness (QED) is 0.114. The highest BCUT2D eigenvalue weighted by atomic mass is 14.9. The number of nitrogens with two attached hydrogens (primary N) is 2. The minimum absolute atomic E-state index is 0.824. The molecule has 0 saturated carbocycles. The molecule has 0 radical (unpaired) electrons. The first kappa shape index (κ1) is 24.2. The molecule has 0 bridgehead atoms. The van der Waals surface area contributed by atoms with Crippen molar-refractivity contribution in [3.63, 3.8) is 0 Å². The molecule has 4 nitrogen and oxygen atoms in total. The van der Waals surface area contributed by atoms with Gasteiger partial charge in [0.2, 0.25) is 11.0 Å². The Morgan fingerprint density at radius 2 is 0.895 bits per heavy atom. The number of rotatable bonds is 7. The minimum Gasteiger partial charge on any atom is -0.399 e. The zero-order chi connectivity index (χ0) is 26.2. The van der Waals surface area contributed by atoms with Crippen molar-refractivity contribution < 1.29 is 9.13 Å². The summed E-state index contributed by atoms with van der Waals surface area (Å²) in [6.07, 6.45) is 6.82. The molecule has 4 heteroatoms. The van der Waals surface area contributed by atoms with Crippen LogP contribution >= 0.6 is 0 Å². The van der Waals surface area contributed by atoms with E-state index in [1.54, 1.807) is 0 Å². The Bertz CT molecular complexity index is 1680. The summed E-state index contributed by atoms with van der Waals surface area (Å²) in [5, 5.41) is 7.70. The molecule has 0 atom stereocenters. The van der Waals surface area contributed by atoms with Crippen molar-refractivity contribution in [3.05, 3.63) is 96.3 Å². The number of nitrogen functional groups attached to an aromatic ring is 2. The van der Waals surface area contributed by atoms with Gasteiger partial charge in [-0.3, -0.25) is 0 Å². The van der Waals surface area contributed by atoms with E-state index in [4.69, 9.17) is 11.5 Å². The molecule has 2 aromatic heterocycles. The maximum absolute atomic E-state index is 6.21. The van der Waals surface area contributed by atoms with Crippen LogP contribution in [0, 0.1) is 0 Å². The summed E-state index contributed by atoms with van der Waals surface area (Å²) in [6.45, 7) is 0. The Kier molecular flexibility index (Phi) is 6.32. The molecule has 0 saturated heterocycles. The smallest absolute Gasteiger partial charge is 0.213 e. The van der Waals surface area contributed by atoms with Crippen LogP contribution in [0.4, 0.5) is 11.4 Å². The molecule has 0 unspecified atom stereocenters. The molecule has 38 heavy (non-hydrogen) atoms. The number of aromatic nitrogens is 2. The molecule has 0 aliphatic heterocycles. The molecule has 0 aliphatic rings. The number of unbranched alkanes of at least 4 members (excludes halogenated alkanes) is 3. The highest BCUT2D eigenvalue weighted by Gasteiger charge is 2.20. The van der Waals surface area contributed by atoms with Crippen LogP contribution in [0.25, 0.3) is 43.4 Å². The predicted octanol–water partition coefficient (Wildman–Crippen LogP) is 6.46. The van der Waals surface area contributed by atoms with Gasteiger partial charge in [0, 0.05) is 47.1 Å². The summed E-state index contributed by atoms with van der Waals surface area (Å²) >= 11 is 0. The first-order valence-electron chi connectivity index (χ1n) is 13.7. The summed E-state index contributed by atoms with van der Waals surface area (Å²) in [5.41, 5.74) is 19.4. The molecule has 6 aromatic rings. The van der Waals surface area contributed by atoms with Gasteiger partial charge in [-0.15, -0.1) is 0 Å². The Balaban J connectivity index is 1.19. The van der Waals surface area contributed by atoms with Crippen molar-refractivity contribution >= 4 is 54.7 Å². The lowest BCUT2D eigenvalue weighted by molar-refractivity contribution is -0.651. The van der Waals surface area contributed by atoms with E-state index in [1.165, 1.54) is 67.6 Å². The summed E-state index contributed by atoms with van der Waals surface area (Å²) in [7, 11) is 4.38. The number of hydrogen-bond acceptors (Lipinski definition) is 2. The largest absolute Gasteiger partial charge is 0.399 e. The van der Waals surface area contributed by atoms with E-state index >= 15 is 0 Å². The zero-order valence-corrected chi connectivity index (χ0v) is 22.4. The average Bonchev–Trinajstić information content (AvgIpc) is 2.93. The molecule has 0 aliphatic carbocycles. The van der Waals surface area contributed by atoms with E-state index in [-0.39, 0.29) is 0 Å². The first-order chi connectivity index (χ1) is 18.5. The fourth-order valence-corrected chi connectivity index (χ4v) is 6.25. The summed E-state index contributed by atoms with van der Waals surface area (Å²) < 4.78 is 4.73. The van der Waals surface area contributed by atoms with Gasteiger partial charge in [-0.05, 0) is 49.2 Å². The van der Waals surface area contributed by atoms with E-state index in [1.807, 2.05) is 12.1 Å². The van der Waals surface area contributed by atoms with Gasteiger partial charge in [-0.1, -0.05) is 49.2 Å². The molecule has 4 N–H and O–H groups in total. The van der Waals surface area contributed by atoms with Gasteiger partial charge in [0.05, 0.1) is 21.5 Å². The average molecular weight is 501 g/mol. The molecule has 0 amide bonds. The second-order valence-electron chi connectivity index (χ2n) is 10.6. The highest BCUT2D eigenvalue weighted by molar-refractivity contribution is 6.06. The second-order valence-corrected chi connectivity index (χ2v) is 10.6. The van der Waals surface area contributed by atoms with Crippen molar-refractivity contribution in [2.45, 2.75) is 38.5 Å². The van der Waals surface area contributed by atoms with Crippen LogP contribution in [0.3, 0.4) is 0 Å². The zero-order valence-electron chi connectivity index (χ0n) is 22.4. The topological polar surface area (TPSA) is 59.8 Å². The number of para-hydroxylation sites is 2. The Hall–Kier alpha value is -4.18. The van der Waals surface area contributed by atoms with Crippen molar-refractivity contribution in [3.8, 4) is 0 Å². The van der Waals surface area contributed by atoms with E-state index in [2.05, 4.69) is 96.0 Å². The lowest BCUT2D eigenvalue weighted by Crippen LogP contribution is -2.35. The monoisotopic (exact) mass is 500 g/mol. The van der Waals surface area contributed by atoms with Crippen molar-refractivity contribution in [1.82, 2.24) is 0 Å². The molecular formula is C34H36N4+2. The van der Waals surface area contributed by atoms with Crippen LogP contribution < -0.4 is 20.6 Å². The summed E-state index contributed by atoms with van der Waals surface area (Å²) in [6, 6.07) is 30.0. The third-order valence-electron chi connectivity index (χ3n) is 8.21. The van der Waals surface area contributed by atoms with Gasteiger partial charge in [-0.2, -0.15) is 9.13 Å². The molecular weight excluding hydrogens is 464 g/mol. The normalized spacial score (nSPS) is 11.7. The molecule has 2 heterocycles. The highest BCUT2D eigenvalue weighted by Crippen LogP contribution is 2.29. The Morgan fingerprint density at radius 1 is 0.474 bits per heavy atom. The number of pyridine rings is 2. The lowest BCUT2D eigenvalue weighted by atomic mass is 9.98. The standard InChI is InChI=1S/C34H36N4/c1-37-31-15-9-7-11-27(31)25-19-17-23(35)21-29(25)33(37)13-5-3-4-6-14-34-30-22-24(36)18-20-26(30)28-12-8-10-16-32(28)38(34)2/h7-12,15-22H,3-6,13-14,35-36H2,1-2H3/q+2. The number of anilines is 2. The Morgan fingerprint density at radius 3 is 1.34 bits per heavy atom. The predicted molar refractivity (Wildman–Crippen MR) is 160 cm³/mol. The first-order valence-corrected chi connectivity index (χ1v) is 13.7. The number of fused-ring (bicyclic) bond motifs is 6. The van der Waals surface area contributed by atoms with Crippen LogP contribution in [-0.2, 0) is 26.9 Å². The van der Waals surface area contributed by atoms with Crippen LogP contribution in [0.2, 0.25) is 0 Å². The van der Waals surface area contributed by atoms with Gasteiger partial charge in [0.15, 0.2) is 11.4 Å². The molecule has 0 fully saturated rings. The van der Waals surface area contributed by atoms with Crippen molar-refractivity contribution in [2.24, 2.45) is 14.1 Å². The van der Waals surface area contributed by atoms with Gasteiger partial charge in [-0.25, -0.2) is 0 Å². The number of hydrogen-bond donors (Lipinski definition) is 2. The van der Waals surface area contributed by atoms with Gasteiger partial charge >= 0.3 is 0 Å². The molecule has 4 aromatic carbocycles. The van der Waals surface area contributed by atoms with E-state index in [9.17, 15) is 0 Å². The van der Waals surface area contributed by atoms with E-state index in [0.29, 0.717) is 0 Å². The number of nitrogens with zero attached hydrogens (tertiary/aromatic N) is 2. The number of benzene rings is 4. The maximum Gasteiger partial charge on any atom is 0.213 e. The fourth-order valence-electron chi connectivity index (χ4n) is 6.25. The van der Waals surface area contributed by atoms with E-state index < -0.39 is 0 Å². The van der Waals surface area contributed by atoms with Crippen LogP contribution in [0.15, 0.2) is 84.9 Å². The second kappa shape index (κ2) is 9.94. The third-order valence-corrected chi connectivity index (χ3v) is 8.21. The SMILES string of the molecule is C[n+]1c(CCCCCCc2c3cc(N)ccc3c3ccccc3[n+]2C)c2cc(N)ccc2c2ccccc21. The summed E-state index contributed by atoms with van der Waals surface area (Å²) in [5.74, 6) is 0. The fraction of sp³-hybridized carbons (Fsp3) is 0.235. The Labute approximate surface area is 224 Å². The van der Waals surface area contributed by atoms with E-state index in [0.717, 1.165) is 37.1 Å². The molecule has 190 valence electrons. The van der Waals surface area contributed by atoms with Crippen molar-refractivity contribution in [2.75, 3.05) is 11.5 Å². The molecule has 0 spiro atoms. The van der Waals surface area contributed by atoms with Gasteiger partial charge < -0.3 is 11.5 Å².